The standard InChI is InChI=1S/C24H23N3O4S/c1-32-20-5-2-4-19(13-20)27-15-17(12-22(27)28)23(29)25-14-16-7-9-18(10-8-16)26-24(30)21-6-3-11-31-21/h2-11,13,17H,12,14-15H2,1H3,(H,25,29)(H,26,30)/t17-/m1/s1. The third-order valence-electron chi connectivity index (χ3n) is 5.28. The van der Waals surface area contributed by atoms with Gasteiger partial charge in [-0.25, -0.2) is 0 Å². The average molecular weight is 450 g/mol. The van der Waals surface area contributed by atoms with Gasteiger partial charge in [0.15, 0.2) is 5.76 Å². The van der Waals surface area contributed by atoms with E-state index in [-0.39, 0.29) is 35.8 Å². The first-order chi connectivity index (χ1) is 15.5. The number of amides is 3. The van der Waals surface area contributed by atoms with Crippen molar-refractivity contribution in [2.75, 3.05) is 23.0 Å². The second kappa shape index (κ2) is 9.74. The summed E-state index contributed by atoms with van der Waals surface area (Å²) in [5.41, 5.74) is 2.35. The van der Waals surface area contributed by atoms with E-state index in [4.69, 9.17) is 4.42 Å². The summed E-state index contributed by atoms with van der Waals surface area (Å²) in [6.07, 6.45) is 3.63. The van der Waals surface area contributed by atoms with Gasteiger partial charge in [0.2, 0.25) is 11.8 Å². The summed E-state index contributed by atoms with van der Waals surface area (Å²) in [6, 6.07) is 18.2. The zero-order chi connectivity index (χ0) is 22.5. The normalized spacial score (nSPS) is 15.6. The average Bonchev–Trinajstić information content (AvgIpc) is 3.49. The second-order valence-corrected chi connectivity index (χ2v) is 8.33. The molecule has 7 nitrogen and oxygen atoms in total. The summed E-state index contributed by atoms with van der Waals surface area (Å²) in [6.45, 7) is 0.720. The van der Waals surface area contributed by atoms with Gasteiger partial charge in [-0.1, -0.05) is 18.2 Å². The highest BCUT2D eigenvalue weighted by molar-refractivity contribution is 7.98. The summed E-state index contributed by atoms with van der Waals surface area (Å²) >= 11 is 1.61. The Balaban J connectivity index is 1.30. The minimum Gasteiger partial charge on any atom is -0.459 e. The van der Waals surface area contributed by atoms with Crippen LogP contribution in [0.5, 0.6) is 0 Å². The summed E-state index contributed by atoms with van der Waals surface area (Å²) in [4.78, 5) is 39.9. The summed E-state index contributed by atoms with van der Waals surface area (Å²) in [5, 5.41) is 5.66. The van der Waals surface area contributed by atoms with Crippen molar-refractivity contribution in [2.24, 2.45) is 5.92 Å². The van der Waals surface area contributed by atoms with Crippen LogP contribution in [0.25, 0.3) is 0 Å². The van der Waals surface area contributed by atoms with Gasteiger partial charge in [0.05, 0.1) is 12.2 Å². The molecule has 0 bridgehead atoms. The molecule has 4 rings (SSSR count). The molecule has 0 saturated carbocycles. The van der Waals surface area contributed by atoms with E-state index in [1.54, 1.807) is 40.9 Å². The first kappa shape index (κ1) is 21.7. The molecule has 0 aliphatic carbocycles. The maximum atomic E-state index is 12.6. The predicted molar refractivity (Wildman–Crippen MR) is 124 cm³/mol. The van der Waals surface area contributed by atoms with Crippen LogP contribution in [0, 0.1) is 5.92 Å². The fourth-order valence-corrected chi connectivity index (χ4v) is 4.00. The maximum Gasteiger partial charge on any atom is 0.291 e. The number of hydrogen-bond donors (Lipinski definition) is 2. The SMILES string of the molecule is CSc1cccc(N2C[C@H](C(=O)NCc3ccc(NC(=O)c4ccco4)cc3)CC2=O)c1. The van der Waals surface area contributed by atoms with Crippen molar-refractivity contribution in [1.82, 2.24) is 5.32 Å². The van der Waals surface area contributed by atoms with Crippen LogP contribution in [0.1, 0.15) is 22.5 Å². The summed E-state index contributed by atoms with van der Waals surface area (Å²) in [7, 11) is 0. The number of rotatable bonds is 7. The van der Waals surface area contributed by atoms with Crippen LogP contribution in [0.3, 0.4) is 0 Å². The number of nitrogens with zero attached hydrogens (tertiary/aromatic N) is 1. The van der Waals surface area contributed by atoms with Crippen molar-refractivity contribution in [1.29, 1.82) is 0 Å². The fraction of sp³-hybridized carbons (Fsp3) is 0.208. The van der Waals surface area contributed by atoms with Crippen LogP contribution < -0.4 is 15.5 Å². The molecule has 0 radical (unpaired) electrons. The van der Waals surface area contributed by atoms with E-state index >= 15 is 0 Å². The van der Waals surface area contributed by atoms with Gasteiger partial charge < -0.3 is 20.0 Å². The number of carbonyl (C=O) groups excluding carboxylic acids is 3. The number of carbonyl (C=O) groups is 3. The quantitative estimate of drug-likeness (QED) is 0.534. The van der Waals surface area contributed by atoms with Gasteiger partial charge in [-0.15, -0.1) is 11.8 Å². The highest BCUT2D eigenvalue weighted by atomic mass is 32.2. The highest BCUT2D eigenvalue weighted by Gasteiger charge is 2.35. The largest absolute Gasteiger partial charge is 0.459 e. The molecule has 164 valence electrons. The molecule has 3 amide bonds. The molecule has 1 atom stereocenters. The van der Waals surface area contributed by atoms with Crippen molar-refractivity contribution in [3.63, 3.8) is 0 Å². The number of furan rings is 1. The van der Waals surface area contributed by atoms with Gasteiger partial charge in [0.1, 0.15) is 0 Å². The van der Waals surface area contributed by atoms with E-state index < -0.39 is 0 Å². The Labute approximate surface area is 190 Å². The molecule has 1 fully saturated rings. The van der Waals surface area contributed by atoms with Gasteiger partial charge in [-0.2, -0.15) is 0 Å². The maximum absolute atomic E-state index is 12.6. The Hall–Kier alpha value is -3.52. The van der Waals surface area contributed by atoms with E-state index in [1.807, 2.05) is 42.7 Å². The number of benzene rings is 2. The minimum atomic E-state index is -0.382. The lowest BCUT2D eigenvalue weighted by molar-refractivity contribution is -0.126. The third kappa shape index (κ3) is 5.03. The van der Waals surface area contributed by atoms with Crippen LogP contribution in [0.2, 0.25) is 0 Å². The molecule has 2 aromatic carbocycles. The Bertz CT molecular complexity index is 1110. The molecule has 1 aliphatic rings. The lowest BCUT2D eigenvalue weighted by Crippen LogP contribution is -2.32. The van der Waals surface area contributed by atoms with Gasteiger partial charge in [-0.3, -0.25) is 14.4 Å². The van der Waals surface area contributed by atoms with Gasteiger partial charge in [0, 0.05) is 35.8 Å². The van der Waals surface area contributed by atoms with Crippen LogP contribution in [0.4, 0.5) is 11.4 Å². The van der Waals surface area contributed by atoms with Crippen LogP contribution in [0.15, 0.2) is 76.2 Å². The van der Waals surface area contributed by atoms with Gasteiger partial charge in [-0.05, 0) is 54.3 Å². The Kier molecular flexibility index (Phi) is 6.61. The zero-order valence-electron chi connectivity index (χ0n) is 17.5. The monoisotopic (exact) mass is 449 g/mol. The number of hydrogen-bond acceptors (Lipinski definition) is 5. The number of nitrogens with one attached hydrogen (secondary N) is 2. The molecule has 8 heteroatoms. The minimum absolute atomic E-state index is 0.0416. The van der Waals surface area contributed by atoms with E-state index in [1.165, 1.54) is 6.26 Å². The lowest BCUT2D eigenvalue weighted by atomic mass is 10.1. The molecule has 1 aliphatic heterocycles. The van der Waals surface area contributed by atoms with Crippen molar-refractivity contribution in [3.8, 4) is 0 Å². The van der Waals surface area contributed by atoms with E-state index in [0.29, 0.717) is 18.8 Å². The fourth-order valence-electron chi connectivity index (χ4n) is 3.55. The molecule has 32 heavy (non-hydrogen) atoms. The lowest BCUT2D eigenvalue weighted by Gasteiger charge is -2.17. The molecule has 0 spiro atoms. The van der Waals surface area contributed by atoms with Crippen LogP contribution in [-0.2, 0) is 16.1 Å². The highest BCUT2D eigenvalue weighted by Crippen LogP contribution is 2.28. The smallest absolute Gasteiger partial charge is 0.291 e. The van der Waals surface area contributed by atoms with Crippen LogP contribution >= 0.6 is 11.8 Å². The van der Waals surface area contributed by atoms with Crippen molar-refractivity contribution in [3.05, 3.63) is 78.3 Å². The molecule has 0 unspecified atom stereocenters. The van der Waals surface area contributed by atoms with Crippen molar-refractivity contribution >= 4 is 40.9 Å². The predicted octanol–water partition coefficient (Wildman–Crippen LogP) is 3.92. The number of thioether (sulfide) groups is 1. The Morgan fingerprint density at radius 2 is 1.94 bits per heavy atom. The topological polar surface area (TPSA) is 91.7 Å². The Morgan fingerprint density at radius 3 is 2.66 bits per heavy atom. The summed E-state index contributed by atoms with van der Waals surface area (Å²) < 4.78 is 5.07. The number of anilines is 2. The first-order valence-corrected chi connectivity index (χ1v) is 11.4. The van der Waals surface area contributed by atoms with Gasteiger partial charge >= 0.3 is 0 Å². The summed E-state index contributed by atoms with van der Waals surface area (Å²) in [5.74, 6) is -0.652. The van der Waals surface area contributed by atoms with Gasteiger partial charge in [0.25, 0.3) is 5.91 Å². The second-order valence-electron chi connectivity index (χ2n) is 7.45. The third-order valence-corrected chi connectivity index (χ3v) is 6.01. The Morgan fingerprint density at radius 1 is 1.12 bits per heavy atom. The molecular weight excluding hydrogens is 426 g/mol. The molecule has 3 aromatic rings. The zero-order valence-corrected chi connectivity index (χ0v) is 18.4. The molecule has 1 aromatic heterocycles. The van der Waals surface area contributed by atoms with Crippen molar-refractivity contribution < 1.29 is 18.8 Å². The molecule has 1 saturated heterocycles. The molecule has 2 heterocycles. The molecular formula is C24H23N3O4S. The van der Waals surface area contributed by atoms with E-state index in [0.717, 1.165) is 16.1 Å². The van der Waals surface area contributed by atoms with E-state index in [2.05, 4.69) is 10.6 Å². The van der Waals surface area contributed by atoms with Crippen molar-refractivity contribution in [2.45, 2.75) is 17.9 Å². The van der Waals surface area contributed by atoms with Crippen LogP contribution in [-0.4, -0.2) is 30.5 Å². The van der Waals surface area contributed by atoms with E-state index in [9.17, 15) is 14.4 Å². The first-order valence-electron chi connectivity index (χ1n) is 10.2. The molecule has 2 N–H and O–H groups in total.